The fourth-order valence-corrected chi connectivity index (χ4v) is 2.29. The number of aryl methyl sites for hydroxylation is 2. The van der Waals surface area contributed by atoms with Gasteiger partial charge in [0.25, 0.3) is 0 Å². The van der Waals surface area contributed by atoms with Gasteiger partial charge >= 0.3 is 0 Å². The zero-order valence-electron chi connectivity index (χ0n) is 13.3. The first-order valence-corrected chi connectivity index (χ1v) is 8.01. The quantitative estimate of drug-likeness (QED) is 0.338. The van der Waals surface area contributed by atoms with Gasteiger partial charge in [-0.1, -0.05) is 51.9 Å². The highest BCUT2D eigenvalue weighted by molar-refractivity contribution is 5.03. The first-order valence-electron chi connectivity index (χ1n) is 8.01. The topological polar surface area (TPSA) is 27.7 Å². The maximum Gasteiger partial charge on any atom is 0.169 e. The van der Waals surface area contributed by atoms with E-state index in [1.807, 2.05) is 0 Å². The fourth-order valence-electron chi connectivity index (χ4n) is 2.29. The lowest BCUT2D eigenvalue weighted by Gasteiger charge is -2.01. The van der Waals surface area contributed by atoms with Crippen LogP contribution in [0.25, 0.3) is 0 Å². The molecule has 20 heavy (non-hydrogen) atoms. The Morgan fingerprint density at radius 2 is 1.30 bits per heavy atom. The van der Waals surface area contributed by atoms with E-state index in [1.165, 1.54) is 69.9 Å². The molecule has 1 aromatic heterocycles. The Morgan fingerprint density at radius 1 is 0.850 bits per heavy atom. The second-order valence-electron chi connectivity index (χ2n) is 5.44. The third-order valence-electron chi connectivity index (χ3n) is 3.58. The van der Waals surface area contributed by atoms with Gasteiger partial charge in [0.15, 0.2) is 12.4 Å². The van der Waals surface area contributed by atoms with Gasteiger partial charge in [0.1, 0.15) is 6.54 Å². The van der Waals surface area contributed by atoms with Crippen LogP contribution in [0.4, 0.5) is 0 Å². The molecule has 0 aliphatic heterocycles. The van der Waals surface area contributed by atoms with Gasteiger partial charge in [-0.15, -0.1) is 0 Å². The predicted molar refractivity (Wildman–Crippen MR) is 83.6 cm³/mol. The molecule has 0 fully saturated rings. The number of hydrogen-bond acceptors (Lipinski definition) is 1. The van der Waals surface area contributed by atoms with Crippen molar-refractivity contribution >= 4 is 0 Å². The molecule has 1 rings (SSSR count). The standard InChI is InChI=1S/C17H30N.CN/c1-3-4-5-6-7-8-9-10-11-14-18-15-12-17(2)13-16-18;1-2/h12-13,15-16H,3-11,14H2,1-2H3;/q+1;-1. The van der Waals surface area contributed by atoms with Crippen LogP contribution in [-0.2, 0) is 6.54 Å². The summed E-state index contributed by atoms with van der Waals surface area (Å²) in [6.07, 6.45) is 17.0. The number of pyridine rings is 1. The summed E-state index contributed by atoms with van der Waals surface area (Å²) in [4.78, 5) is 0. The molecular formula is C18H30N2. The summed E-state index contributed by atoms with van der Waals surface area (Å²) in [5.41, 5.74) is 1.35. The Labute approximate surface area is 125 Å². The normalized spacial score (nSPS) is 9.80. The molecule has 0 aliphatic carbocycles. The average molecular weight is 274 g/mol. The van der Waals surface area contributed by atoms with Crippen LogP contribution in [0.3, 0.4) is 0 Å². The maximum absolute atomic E-state index is 6.25. The van der Waals surface area contributed by atoms with Gasteiger partial charge in [-0.05, 0) is 18.9 Å². The van der Waals surface area contributed by atoms with Gasteiger partial charge in [-0.3, -0.25) is 0 Å². The SMILES string of the molecule is CCCCCCCCCCC[n+]1ccc(C)cc1.[C-]#N. The lowest BCUT2D eigenvalue weighted by atomic mass is 10.1. The molecular weight excluding hydrogens is 244 g/mol. The Bertz CT molecular complexity index is 327. The summed E-state index contributed by atoms with van der Waals surface area (Å²) in [6, 6.07) is 4.38. The molecule has 0 saturated carbocycles. The molecule has 0 atom stereocenters. The Kier molecular flexibility index (Phi) is 13.1. The lowest BCUT2D eigenvalue weighted by Crippen LogP contribution is -2.32. The molecule has 0 N–H and O–H groups in total. The van der Waals surface area contributed by atoms with Crippen molar-refractivity contribution < 1.29 is 4.57 Å². The molecule has 0 amide bonds. The van der Waals surface area contributed by atoms with Gasteiger partial charge in [0.05, 0.1) is 0 Å². The molecule has 2 heteroatoms. The van der Waals surface area contributed by atoms with Crippen molar-refractivity contribution in [1.82, 2.24) is 0 Å². The van der Waals surface area contributed by atoms with Crippen molar-refractivity contribution in [2.45, 2.75) is 78.2 Å². The van der Waals surface area contributed by atoms with E-state index < -0.39 is 0 Å². The Hall–Kier alpha value is -1.36. The third-order valence-corrected chi connectivity index (χ3v) is 3.58. The number of unbranched alkanes of at least 4 members (excludes halogenated alkanes) is 8. The summed E-state index contributed by atoms with van der Waals surface area (Å²) in [7, 11) is 0. The minimum atomic E-state index is 1.18. The van der Waals surface area contributed by atoms with Crippen LogP contribution in [0.2, 0.25) is 0 Å². The van der Waals surface area contributed by atoms with Crippen LogP contribution in [0.5, 0.6) is 0 Å². The van der Waals surface area contributed by atoms with E-state index >= 15 is 0 Å². The van der Waals surface area contributed by atoms with Crippen molar-refractivity contribution in [1.29, 1.82) is 5.26 Å². The summed E-state index contributed by atoms with van der Waals surface area (Å²) < 4.78 is 2.30. The van der Waals surface area contributed by atoms with Gasteiger partial charge in [-0.2, -0.15) is 0 Å². The van der Waals surface area contributed by atoms with Crippen LogP contribution >= 0.6 is 0 Å². The van der Waals surface area contributed by atoms with Crippen molar-refractivity contribution in [3.05, 3.63) is 36.7 Å². The molecule has 0 spiro atoms. The van der Waals surface area contributed by atoms with Crippen molar-refractivity contribution in [3.63, 3.8) is 0 Å². The minimum Gasteiger partial charge on any atom is -0.512 e. The van der Waals surface area contributed by atoms with Crippen molar-refractivity contribution in [2.75, 3.05) is 0 Å². The van der Waals surface area contributed by atoms with Crippen molar-refractivity contribution in [2.24, 2.45) is 0 Å². The number of aromatic nitrogens is 1. The number of hydrogen-bond donors (Lipinski definition) is 0. The highest BCUT2D eigenvalue weighted by Gasteiger charge is 1.99. The second kappa shape index (κ2) is 14.1. The number of nitrogens with zero attached hydrogens (tertiary/aromatic N) is 2. The van der Waals surface area contributed by atoms with E-state index in [0.29, 0.717) is 0 Å². The van der Waals surface area contributed by atoms with Crippen LogP contribution < -0.4 is 4.57 Å². The fraction of sp³-hybridized carbons (Fsp3) is 0.667. The van der Waals surface area contributed by atoms with E-state index in [4.69, 9.17) is 11.8 Å². The minimum absolute atomic E-state index is 1.18. The first kappa shape index (κ1) is 18.6. The van der Waals surface area contributed by atoms with E-state index in [-0.39, 0.29) is 0 Å². The molecule has 0 aromatic carbocycles. The molecule has 0 radical (unpaired) electrons. The van der Waals surface area contributed by atoms with Crippen LogP contribution in [-0.4, -0.2) is 0 Å². The van der Waals surface area contributed by atoms with Crippen LogP contribution in [0.15, 0.2) is 24.5 Å². The lowest BCUT2D eigenvalue weighted by molar-refractivity contribution is -0.697. The van der Waals surface area contributed by atoms with E-state index in [9.17, 15) is 0 Å². The monoisotopic (exact) mass is 274 g/mol. The molecule has 0 aliphatic rings. The summed E-state index contributed by atoms with van der Waals surface area (Å²) in [6.45, 7) is 10.3. The molecule has 0 unspecified atom stereocenters. The summed E-state index contributed by atoms with van der Waals surface area (Å²) in [5, 5.41) is 6.25. The van der Waals surface area contributed by atoms with Crippen molar-refractivity contribution in [3.8, 4) is 0 Å². The zero-order chi connectivity index (χ0) is 15.1. The molecule has 0 saturated heterocycles. The Morgan fingerprint density at radius 3 is 1.80 bits per heavy atom. The smallest absolute Gasteiger partial charge is 0.169 e. The van der Waals surface area contributed by atoms with E-state index in [0.717, 1.165) is 0 Å². The van der Waals surface area contributed by atoms with Crippen LogP contribution in [0, 0.1) is 18.8 Å². The first-order chi connectivity index (χ1) is 9.83. The van der Waals surface area contributed by atoms with Gasteiger partial charge in [0.2, 0.25) is 0 Å². The van der Waals surface area contributed by atoms with Crippen LogP contribution in [0.1, 0.15) is 70.3 Å². The summed E-state index contributed by atoms with van der Waals surface area (Å²) in [5.74, 6) is 0. The van der Waals surface area contributed by atoms with E-state index in [1.54, 1.807) is 0 Å². The van der Waals surface area contributed by atoms with E-state index in [2.05, 4.69) is 42.9 Å². The number of rotatable bonds is 10. The third kappa shape index (κ3) is 10.6. The molecule has 0 bridgehead atoms. The molecule has 112 valence electrons. The van der Waals surface area contributed by atoms with Gasteiger partial charge < -0.3 is 11.8 Å². The highest BCUT2D eigenvalue weighted by Crippen LogP contribution is 2.09. The maximum atomic E-state index is 6.25. The highest BCUT2D eigenvalue weighted by atomic mass is 14.9. The predicted octanol–water partition coefficient (Wildman–Crippen LogP) is 4.91. The average Bonchev–Trinajstić information content (AvgIpc) is 2.49. The Balaban J connectivity index is 0.00000172. The molecule has 2 nitrogen and oxygen atoms in total. The van der Waals surface area contributed by atoms with Gasteiger partial charge in [-0.25, -0.2) is 4.57 Å². The largest absolute Gasteiger partial charge is 0.512 e. The van der Waals surface area contributed by atoms with Gasteiger partial charge in [0, 0.05) is 18.6 Å². The molecule has 1 heterocycles. The molecule has 1 aromatic rings. The zero-order valence-corrected chi connectivity index (χ0v) is 13.3. The second-order valence-corrected chi connectivity index (χ2v) is 5.44. The summed E-state index contributed by atoms with van der Waals surface area (Å²) >= 11 is 0.